The fourth-order valence-electron chi connectivity index (χ4n) is 2.15. The molecule has 1 atom stereocenters. The third kappa shape index (κ3) is 3.06. The number of halogens is 4. The minimum absolute atomic E-state index is 0.0679. The second-order valence-electron chi connectivity index (χ2n) is 4.37. The van der Waals surface area contributed by atoms with Crippen LogP contribution in [0, 0.1) is 17.5 Å². The van der Waals surface area contributed by atoms with Crippen LogP contribution in [0.2, 0.25) is 0 Å². The van der Waals surface area contributed by atoms with E-state index >= 15 is 0 Å². The molecule has 0 radical (unpaired) electrons. The number of hydrogen-bond donors (Lipinski definition) is 1. The van der Waals surface area contributed by atoms with E-state index in [0.29, 0.717) is 0 Å². The van der Waals surface area contributed by atoms with Gasteiger partial charge in [-0.1, -0.05) is 12.1 Å². The summed E-state index contributed by atoms with van der Waals surface area (Å²) in [5.74, 6) is -2.10. The van der Waals surface area contributed by atoms with E-state index < -0.39 is 23.5 Å². The van der Waals surface area contributed by atoms with Gasteiger partial charge in [-0.3, -0.25) is 0 Å². The summed E-state index contributed by atoms with van der Waals surface area (Å²) < 4.78 is 47.5. The highest BCUT2D eigenvalue weighted by Crippen LogP contribution is 2.32. The molecular formula is C15H13BrF3NO. The van der Waals surface area contributed by atoms with Crippen LogP contribution < -0.4 is 10.1 Å². The number of nitrogens with one attached hydrogen (secondary N) is 1. The Bertz CT molecular complexity index is 640. The molecule has 0 aliphatic rings. The number of benzene rings is 2. The molecule has 0 aliphatic heterocycles. The van der Waals surface area contributed by atoms with E-state index in [0.717, 1.165) is 12.1 Å². The highest BCUT2D eigenvalue weighted by Gasteiger charge is 2.25. The molecule has 2 nitrogen and oxygen atoms in total. The minimum Gasteiger partial charge on any atom is -0.497 e. The van der Waals surface area contributed by atoms with Crippen LogP contribution in [0.15, 0.2) is 34.8 Å². The van der Waals surface area contributed by atoms with Crippen molar-refractivity contribution in [3.63, 3.8) is 0 Å². The highest BCUT2D eigenvalue weighted by molar-refractivity contribution is 9.10. The smallest absolute Gasteiger partial charge is 0.142 e. The molecule has 1 N–H and O–H groups in total. The first-order valence-corrected chi connectivity index (χ1v) is 6.93. The molecule has 0 fully saturated rings. The number of hydrogen-bond acceptors (Lipinski definition) is 2. The Morgan fingerprint density at radius 1 is 1.14 bits per heavy atom. The van der Waals surface area contributed by atoms with Gasteiger partial charge in [-0.15, -0.1) is 0 Å². The van der Waals surface area contributed by atoms with Crippen LogP contribution in [0.25, 0.3) is 0 Å². The minimum atomic E-state index is -0.951. The van der Waals surface area contributed by atoms with E-state index in [4.69, 9.17) is 4.74 Å². The van der Waals surface area contributed by atoms with Gasteiger partial charge in [-0.25, -0.2) is 13.2 Å². The molecular weight excluding hydrogens is 347 g/mol. The predicted octanol–water partition coefficient (Wildman–Crippen LogP) is 4.18. The van der Waals surface area contributed by atoms with Crippen LogP contribution in [0.3, 0.4) is 0 Å². The molecule has 2 aromatic rings. The quantitative estimate of drug-likeness (QED) is 0.883. The summed E-state index contributed by atoms with van der Waals surface area (Å²) in [6.45, 7) is 0. The van der Waals surface area contributed by atoms with Gasteiger partial charge in [0.15, 0.2) is 0 Å². The zero-order chi connectivity index (χ0) is 15.6. The maximum absolute atomic E-state index is 14.2. The van der Waals surface area contributed by atoms with Gasteiger partial charge in [0.05, 0.1) is 17.6 Å². The molecule has 0 heterocycles. The topological polar surface area (TPSA) is 21.3 Å². The summed E-state index contributed by atoms with van der Waals surface area (Å²) in [6.07, 6.45) is 0. The molecule has 0 aliphatic carbocycles. The van der Waals surface area contributed by atoms with Crippen LogP contribution in [-0.2, 0) is 0 Å². The molecule has 1 unspecified atom stereocenters. The second-order valence-corrected chi connectivity index (χ2v) is 5.22. The lowest BCUT2D eigenvalue weighted by Crippen LogP contribution is -2.22. The van der Waals surface area contributed by atoms with E-state index in [-0.39, 0.29) is 21.3 Å². The Labute approximate surface area is 129 Å². The molecule has 0 aromatic heterocycles. The summed E-state index contributed by atoms with van der Waals surface area (Å²) in [4.78, 5) is 0. The molecule has 21 heavy (non-hydrogen) atoms. The number of ether oxygens (including phenoxy) is 1. The lowest BCUT2D eigenvalue weighted by Gasteiger charge is -2.20. The van der Waals surface area contributed by atoms with Crippen molar-refractivity contribution >= 4 is 15.9 Å². The largest absolute Gasteiger partial charge is 0.497 e. The maximum atomic E-state index is 14.2. The second kappa shape index (κ2) is 6.49. The molecule has 0 saturated carbocycles. The van der Waals surface area contributed by atoms with E-state index in [9.17, 15) is 13.2 Å². The highest BCUT2D eigenvalue weighted by atomic mass is 79.9. The van der Waals surface area contributed by atoms with Gasteiger partial charge in [-0.2, -0.15) is 0 Å². The zero-order valence-electron chi connectivity index (χ0n) is 11.4. The molecule has 0 bridgehead atoms. The molecule has 112 valence electrons. The van der Waals surface area contributed by atoms with Crippen molar-refractivity contribution < 1.29 is 17.9 Å². The molecule has 0 saturated heterocycles. The molecule has 6 heteroatoms. The summed E-state index contributed by atoms with van der Waals surface area (Å²) in [5, 5.41) is 2.74. The van der Waals surface area contributed by atoms with E-state index in [1.807, 2.05) is 0 Å². The number of methoxy groups -OCH3 is 1. The van der Waals surface area contributed by atoms with Gasteiger partial charge in [0, 0.05) is 23.3 Å². The van der Waals surface area contributed by atoms with Crippen molar-refractivity contribution in [3.05, 3.63) is 63.4 Å². The third-order valence-corrected chi connectivity index (χ3v) is 3.77. The third-order valence-electron chi connectivity index (χ3n) is 3.16. The van der Waals surface area contributed by atoms with Gasteiger partial charge in [-0.05, 0) is 29.0 Å². The Balaban J connectivity index is 2.59. The molecule has 0 amide bonds. The normalized spacial score (nSPS) is 12.3. The summed E-state index contributed by atoms with van der Waals surface area (Å²) in [6, 6.07) is 5.79. The fourth-order valence-corrected chi connectivity index (χ4v) is 2.53. The van der Waals surface area contributed by atoms with Crippen molar-refractivity contribution in [1.82, 2.24) is 5.32 Å². The van der Waals surface area contributed by atoms with Crippen molar-refractivity contribution in [2.75, 3.05) is 14.2 Å². The lowest BCUT2D eigenvalue weighted by molar-refractivity contribution is 0.403. The Hall–Kier alpha value is -1.53. The van der Waals surface area contributed by atoms with Gasteiger partial charge in [0.2, 0.25) is 0 Å². The molecule has 0 spiro atoms. The van der Waals surface area contributed by atoms with Crippen molar-refractivity contribution in [2.45, 2.75) is 6.04 Å². The van der Waals surface area contributed by atoms with Gasteiger partial charge < -0.3 is 10.1 Å². The number of rotatable bonds is 4. The maximum Gasteiger partial charge on any atom is 0.142 e. The molecule has 2 rings (SSSR count). The molecule has 2 aromatic carbocycles. The van der Waals surface area contributed by atoms with Crippen molar-refractivity contribution in [1.29, 1.82) is 0 Å². The first-order valence-electron chi connectivity index (χ1n) is 6.13. The van der Waals surface area contributed by atoms with E-state index in [2.05, 4.69) is 21.2 Å². The van der Waals surface area contributed by atoms with Gasteiger partial charge in [0.1, 0.15) is 23.2 Å². The van der Waals surface area contributed by atoms with Crippen LogP contribution in [0.1, 0.15) is 17.2 Å². The summed E-state index contributed by atoms with van der Waals surface area (Å²) in [7, 11) is 2.82. The van der Waals surface area contributed by atoms with Crippen LogP contribution in [0.4, 0.5) is 13.2 Å². The van der Waals surface area contributed by atoms with Crippen molar-refractivity contribution in [2.24, 2.45) is 0 Å². The van der Waals surface area contributed by atoms with Crippen LogP contribution >= 0.6 is 15.9 Å². The summed E-state index contributed by atoms with van der Waals surface area (Å²) >= 11 is 3.07. The average Bonchev–Trinajstić information content (AvgIpc) is 2.46. The first-order chi connectivity index (χ1) is 9.99. The van der Waals surface area contributed by atoms with E-state index in [1.54, 1.807) is 6.07 Å². The zero-order valence-corrected chi connectivity index (χ0v) is 13.0. The monoisotopic (exact) mass is 359 g/mol. The SMILES string of the molecule is CNC(c1cccc(Br)c1F)c1c(F)cc(OC)cc1F. The summed E-state index contributed by atoms with van der Waals surface area (Å²) in [5.41, 5.74) is -0.106. The fraction of sp³-hybridized carbons (Fsp3) is 0.200. The average molecular weight is 360 g/mol. The Morgan fingerprint density at radius 3 is 2.29 bits per heavy atom. The predicted molar refractivity (Wildman–Crippen MR) is 77.9 cm³/mol. The standard InChI is InChI=1S/C15H13BrF3NO/c1-20-15(9-4-3-5-10(16)14(9)19)13-11(17)6-8(21-2)7-12(13)18/h3-7,15,20H,1-2H3. The lowest BCUT2D eigenvalue weighted by atomic mass is 9.97. The first kappa shape index (κ1) is 15.9. The van der Waals surface area contributed by atoms with E-state index in [1.165, 1.54) is 26.3 Å². The van der Waals surface area contributed by atoms with Gasteiger partial charge in [0.25, 0.3) is 0 Å². The van der Waals surface area contributed by atoms with Crippen LogP contribution in [0.5, 0.6) is 5.75 Å². The van der Waals surface area contributed by atoms with Crippen LogP contribution in [-0.4, -0.2) is 14.2 Å². The van der Waals surface area contributed by atoms with Crippen molar-refractivity contribution in [3.8, 4) is 5.75 Å². The Kier molecular flexibility index (Phi) is 4.90. The Morgan fingerprint density at radius 2 is 1.76 bits per heavy atom. The van der Waals surface area contributed by atoms with Gasteiger partial charge >= 0.3 is 0 Å².